The van der Waals surface area contributed by atoms with Crippen LogP contribution in [-0.4, -0.2) is 41.5 Å². The SMILES string of the molecule is CC(c1ccccc1)N1CC(C(=O)NS(=O)(=O)c2cnn(C)c2)CC1=O. The molecule has 1 fully saturated rings. The highest BCUT2D eigenvalue weighted by Gasteiger charge is 2.38. The van der Waals surface area contributed by atoms with Crippen LogP contribution in [0.25, 0.3) is 0 Å². The number of hydrogen-bond donors (Lipinski definition) is 1. The Kier molecular flexibility index (Phi) is 4.82. The van der Waals surface area contributed by atoms with E-state index in [2.05, 4.69) is 5.10 Å². The molecule has 0 radical (unpaired) electrons. The minimum absolute atomic E-state index is 0.00837. The van der Waals surface area contributed by atoms with Gasteiger partial charge in [0.15, 0.2) is 0 Å². The molecule has 0 spiro atoms. The lowest BCUT2D eigenvalue weighted by Crippen LogP contribution is -2.37. The summed E-state index contributed by atoms with van der Waals surface area (Å²) in [4.78, 5) is 26.2. The molecule has 0 aliphatic carbocycles. The topological polar surface area (TPSA) is 101 Å². The van der Waals surface area contributed by atoms with Crippen LogP contribution in [0.2, 0.25) is 0 Å². The first-order valence-electron chi connectivity index (χ1n) is 8.17. The number of sulfonamides is 1. The molecule has 1 aromatic carbocycles. The van der Waals surface area contributed by atoms with Crippen molar-refractivity contribution in [3.8, 4) is 0 Å². The molecule has 2 heterocycles. The molecule has 8 nitrogen and oxygen atoms in total. The summed E-state index contributed by atoms with van der Waals surface area (Å²) in [6.07, 6.45) is 2.46. The second-order valence-corrected chi connectivity index (χ2v) is 8.04. The first-order chi connectivity index (χ1) is 12.3. The van der Waals surface area contributed by atoms with E-state index in [4.69, 9.17) is 0 Å². The highest BCUT2D eigenvalue weighted by Crippen LogP contribution is 2.28. The Hall–Kier alpha value is -2.68. The Labute approximate surface area is 151 Å². The van der Waals surface area contributed by atoms with Crippen LogP contribution >= 0.6 is 0 Å². The molecule has 0 bridgehead atoms. The van der Waals surface area contributed by atoms with Gasteiger partial charge in [-0.3, -0.25) is 14.3 Å². The van der Waals surface area contributed by atoms with Crippen LogP contribution in [0.5, 0.6) is 0 Å². The third-order valence-corrected chi connectivity index (χ3v) is 5.81. The molecule has 3 rings (SSSR count). The molecule has 9 heteroatoms. The van der Waals surface area contributed by atoms with E-state index in [0.29, 0.717) is 0 Å². The van der Waals surface area contributed by atoms with Gasteiger partial charge in [-0.15, -0.1) is 0 Å². The van der Waals surface area contributed by atoms with Crippen molar-refractivity contribution in [3.05, 3.63) is 48.3 Å². The Morgan fingerprint density at radius 1 is 1.31 bits per heavy atom. The van der Waals surface area contributed by atoms with Gasteiger partial charge in [0.1, 0.15) is 4.90 Å². The van der Waals surface area contributed by atoms with Crippen molar-refractivity contribution >= 4 is 21.8 Å². The van der Waals surface area contributed by atoms with Gasteiger partial charge in [0.25, 0.3) is 10.0 Å². The first kappa shape index (κ1) is 18.1. The van der Waals surface area contributed by atoms with Crippen LogP contribution in [-0.2, 0) is 26.7 Å². The fourth-order valence-electron chi connectivity index (χ4n) is 3.01. The summed E-state index contributed by atoms with van der Waals surface area (Å²) in [6.45, 7) is 2.07. The zero-order valence-electron chi connectivity index (χ0n) is 14.5. The summed E-state index contributed by atoms with van der Waals surface area (Å²) < 4.78 is 27.9. The standard InChI is InChI=1S/C17H20N4O4S/c1-12(13-6-4-3-5-7-13)21-10-14(8-16(21)22)17(23)19-26(24,25)15-9-18-20(2)11-15/h3-7,9,11-12,14H,8,10H2,1-2H3,(H,19,23). The number of aryl methyl sites for hydroxylation is 1. The van der Waals surface area contributed by atoms with Crippen LogP contribution in [0.4, 0.5) is 0 Å². The molecule has 0 saturated carbocycles. The van der Waals surface area contributed by atoms with Gasteiger partial charge < -0.3 is 4.90 Å². The number of nitrogens with one attached hydrogen (secondary N) is 1. The lowest BCUT2D eigenvalue weighted by molar-refractivity contribution is -0.130. The van der Waals surface area contributed by atoms with Crippen molar-refractivity contribution in [1.82, 2.24) is 19.4 Å². The monoisotopic (exact) mass is 376 g/mol. The fraction of sp³-hybridized carbons (Fsp3) is 0.353. The summed E-state index contributed by atoms with van der Waals surface area (Å²) in [6, 6.07) is 9.31. The van der Waals surface area contributed by atoms with Crippen LogP contribution in [0.3, 0.4) is 0 Å². The molecule has 2 atom stereocenters. The number of carbonyl (C=O) groups excluding carboxylic acids is 2. The van der Waals surface area contributed by atoms with Crippen molar-refractivity contribution in [3.63, 3.8) is 0 Å². The van der Waals surface area contributed by atoms with Crippen LogP contribution in [0.15, 0.2) is 47.6 Å². The quantitative estimate of drug-likeness (QED) is 0.833. The maximum Gasteiger partial charge on any atom is 0.267 e. The van der Waals surface area contributed by atoms with Gasteiger partial charge >= 0.3 is 0 Å². The Bertz CT molecular complexity index is 923. The Balaban J connectivity index is 1.69. The number of carbonyl (C=O) groups is 2. The highest BCUT2D eigenvalue weighted by atomic mass is 32.2. The van der Waals surface area contributed by atoms with Crippen molar-refractivity contribution in [2.75, 3.05) is 6.54 Å². The number of aromatic nitrogens is 2. The van der Waals surface area contributed by atoms with Crippen LogP contribution in [0, 0.1) is 5.92 Å². The normalized spacial score (nSPS) is 18.8. The van der Waals surface area contributed by atoms with Gasteiger partial charge in [-0.05, 0) is 12.5 Å². The molecular formula is C17H20N4O4S. The van der Waals surface area contributed by atoms with Gasteiger partial charge in [0.05, 0.1) is 18.2 Å². The second-order valence-electron chi connectivity index (χ2n) is 6.35. The molecule has 1 aromatic heterocycles. The zero-order valence-corrected chi connectivity index (χ0v) is 15.3. The van der Waals surface area contributed by atoms with E-state index in [0.717, 1.165) is 5.56 Å². The van der Waals surface area contributed by atoms with Crippen molar-refractivity contribution in [1.29, 1.82) is 0 Å². The Morgan fingerprint density at radius 2 is 2.00 bits per heavy atom. The Morgan fingerprint density at radius 3 is 2.62 bits per heavy atom. The lowest BCUT2D eigenvalue weighted by Gasteiger charge is -2.25. The van der Waals surface area contributed by atoms with E-state index in [1.54, 1.807) is 11.9 Å². The third-order valence-electron chi connectivity index (χ3n) is 4.51. The number of likely N-dealkylation sites (tertiary alicyclic amines) is 1. The van der Waals surface area contributed by atoms with Crippen molar-refractivity contribution in [2.24, 2.45) is 13.0 Å². The molecular weight excluding hydrogens is 356 g/mol. The summed E-state index contributed by atoms with van der Waals surface area (Å²) in [5.74, 6) is -1.55. The minimum Gasteiger partial charge on any atom is -0.335 e. The number of rotatable bonds is 5. The van der Waals surface area contributed by atoms with Gasteiger partial charge in [-0.1, -0.05) is 30.3 Å². The van der Waals surface area contributed by atoms with E-state index in [1.807, 2.05) is 42.0 Å². The van der Waals surface area contributed by atoms with Crippen molar-refractivity contribution < 1.29 is 18.0 Å². The maximum absolute atomic E-state index is 12.4. The van der Waals surface area contributed by atoms with Gasteiger partial charge in [0, 0.05) is 26.2 Å². The van der Waals surface area contributed by atoms with Crippen LogP contribution in [0.1, 0.15) is 24.9 Å². The predicted molar refractivity (Wildman–Crippen MR) is 93.2 cm³/mol. The molecule has 1 aliphatic rings. The largest absolute Gasteiger partial charge is 0.335 e. The molecule has 26 heavy (non-hydrogen) atoms. The lowest BCUT2D eigenvalue weighted by atomic mass is 10.1. The number of hydrogen-bond acceptors (Lipinski definition) is 5. The third kappa shape index (κ3) is 3.62. The maximum atomic E-state index is 12.4. The molecule has 2 unspecified atom stereocenters. The van der Waals surface area contributed by atoms with Crippen LogP contribution < -0.4 is 4.72 Å². The molecule has 2 amide bonds. The molecule has 1 saturated heterocycles. The average molecular weight is 376 g/mol. The van der Waals surface area contributed by atoms with Gasteiger partial charge in [-0.2, -0.15) is 5.10 Å². The van der Waals surface area contributed by atoms with Gasteiger partial charge in [0.2, 0.25) is 11.8 Å². The average Bonchev–Trinajstić information content (AvgIpc) is 3.21. The van der Waals surface area contributed by atoms with E-state index >= 15 is 0 Å². The zero-order chi connectivity index (χ0) is 18.9. The first-order valence-corrected chi connectivity index (χ1v) is 9.66. The molecule has 2 aromatic rings. The van der Waals surface area contributed by atoms with E-state index < -0.39 is 21.8 Å². The minimum atomic E-state index is -4.00. The van der Waals surface area contributed by atoms with E-state index in [1.165, 1.54) is 17.1 Å². The fourth-order valence-corrected chi connectivity index (χ4v) is 4.03. The summed E-state index contributed by atoms with van der Waals surface area (Å²) >= 11 is 0. The smallest absolute Gasteiger partial charge is 0.267 e. The summed E-state index contributed by atoms with van der Waals surface area (Å²) in [7, 11) is -2.41. The summed E-state index contributed by atoms with van der Waals surface area (Å²) in [5.41, 5.74) is 0.963. The molecule has 1 N–H and O–H groups in total. The number of benzene rings is 1. The number of amides is 2. The summed E-state index contributed by atoms with van der Waals surface area (Å²) in [5, 5.41) is 3.79. The highest BCUT2D eigenvalue weighted by molar-refractivity contribution is 7.90. The number of nitrogens with zero attached hydrogens (tertiary/aromatic N) is 3. The molecule has 138 valence electrons. The second kappa shape index (κ2) is 6.91. The molecule has 1 aliphatic heterocycles. The van der Waals surface area contributed by atoms with Crippen molar-refractivity contribution in [2.45, 2.75) is 24.3 Å². The van der Waals surface area contributed by atoms with E-state index in [9.17, 15) is 18.0 Å². The predicted octanol–water partition coefficient (Wildman–Crippen LogP) is 0.835. The van der Waals surface area contributed by atoms with Gasteiger partial charge in [-0.25, -0.2) is 13.1 Å². The van der Waals surface area contributed by atoms with E-state index in [-0.39, 0.29) is 29.8 Å².